The van der Waals surface area contributed by atoms with E-state index in [2.05, 4.69) is 12.0 Å². The molecule has 0 amide bonds. The SMILES string of the molecule is CCCCCO[C@@H](CO)COP(=O)(O)NCCO. The normalized spacial score (nSPS) is 16.4. The predicted molar refractivity (Wildman–Crippen MR) is 67.2 cm³/mol. The summed E-state index contributed by atoms with van der Waals surface area (Å²) in [6.45, 7) is 1.82. The van der Waals surface area contributed by atoms with Gasteiger partial charge in [-0.3, -0.25) is 4.52 Å². The molecule has 0 bridgehead atoms. The molecule has 2 atom stereocenters. The van der Waals surface area contributed by atoms with Crippen molar-refractivity contribution in [3.63, 3.8) is 0 Å². The van der Waals surface area contributed by atoms with E-state index in [4.69, 9.17) is 19.5 Å². The summed E-state index contributed by atoms with van der Waals surface area (Å²) in [7, 11) is -3.92. The van der Waals surface area contributed by atoms with Crippen LogP contribution in [0.3, 0.4) is 0 Å². The zero-order valence-corrected chi connectivity index (χ0v) is 11.6. The van der Waals surface area contributed by atoms with E-state index in [1.54, 1.807) is 0 Å². The smallest absolute Gasteiger partial charge is 0.395 e. The van der Waals surface area contributed by atoms with Crippen LogP contribution in [0.2, 0.25) is 0 Å². The molecule has 0 fully saturated rings. The Morgan fingerprint density at radius 1 is 1.33 bits per heavy atom. The summed E-state index contributed by atoms with van der Waals surface area (Å²) < 4.78 is 21.4. The van der Waals surface area contributed by atoms with Crippen LogP contribution in [0.1, 0.15) is 26.2 Å². The molecule has 0 aromatic rings. The molecule has 0 aliphatic heterocycles. The molecule has 0 aromatic carbocycles. The fraction of sp³-hybridized carbons (Fsp3) is 1.00. The Labute approximate surface area is 108 Å². The first-order valence-corrected chi connectivity index (χ1v) is 7.69. The predicted octanol–water partition coefficient (Wildman–Crippen LogP) is 0.253. The highest BCUT2D eigenvalue weighted by Gasteiger charge is 2.20. The molecule has 0 spiro atoms. The highest BCUT2D eigenvalue weighted by molar-refractivity contribution is 7.50. The lowest BCUT2D eigenvalue weighted by Crippen LogP contribution is -2.26. The first-order valence-electron chi connectivity index (χ1n) is 6.11. The molecule has 8 heteroatoms. The molecule has 0 rings (SSSR count). The summed E-state index contributed by atoms with van der Waals surface area (Å²) in [5.74, 6) is 0. The van der Waals surface area contributed by atoms with Crippen LogP contribution in [0.15, 0.2) is 0 Å². The third kappa shape index (κ3) is 9.96. The van der Waals surface area contributed by atoms with Crippen LogP contribution in [0.25, 0.3) is 0 Å². The molecule has 0 saturated carbocycles. The second kappa shape index (κ2) is 10.9. The molecular formula is C10H24NO6P. The van der Waals surface area contributed by atoms with Crippen LogP contribution in [-0.4, -0.2) is 54.2 Å². The van der Waals surface area contributed by atoms with Gasteiger partial charge in [-0.25, -0.2) is 9.65 Å². The standard InChI is InChI=1S/C10H24NO6P/c1-2-3-4-7-16-10(8-13)9-17-18(14,15)11-5-6-12/h10,12-13H,2-9H2,1H3,(H2,11,14,15)/t10-/m0/s1. The Morgan fingerprint density at radius 3 is 2.61 bits per heavy atom. The van der Waals surface area contributed by atoms with Gasteiger partial charge in [0.1, 0.15) is 6.10 Å². The summed E-state index contributed by atoms with van der Waals surface area (Å²) in [6.07, 6.45) is 2.38. The van der Waals surface area contributed by atoms with Gasteiger partial charge in [-0.15, -0.1) is 0 Å². The first kappa shape index (κ1) is 18.0. The van der Waals surface area contributed by atoms with Crippen molar-refractivity contribution in [1.29, 1.82) is 0 Å². The molecule has 0 aliphatic carbocycles. The maximum Gasteiger partial charge on any atom is 0.403 e. The van der Waals surface area contributed by atoms with Crippen LogP contribution in [-0.2, 0) is 13.8 Å². The van der Waals surface area contributed by atoms with E-state index in [-0.39, 0.29) is 26.4 Å². The Bertz CT molecular complexity index is 240. The highest BCUT2D eigenvalue weighted by Crippen LogP contribution is 2.36. The van der Waals surface area contributed by atoms with Crippen LogP contribution in [0, 0.1) is 0 Å². The van der Waals surface area contributed by atoms with Crippen LogP contribution in [0.4, 0.5) is 0 Å². The lowest BCUT2D eigenvalue weighted by molar-refractivity contribution is -0.0173. The van der Waals surface area contributed by atoms with Crippen molar-refractivity contribution < 1.29 is 28.9 Å². The van der Waals surface area contributed by atoms with Gasteiger partial charge in [0, 0.05) is 13.2 Å². The zero-order chi connectivity index (χ0) is 13.9. The summed E-state index contributed by atoms with van der Waals surface area (Å²) in [6, 6.07) is 0. The fourth-order valence-corrected chi connectivity index (χ4v) is 2.02. The Morgan fingerprint density at radius 2 is 2.06 bits per heavy atom. The average Bonchev–Trinajstić information content (AvgIpc) is 2.35. The van der Waals surface area contributed by atoms with Gasteiger partial charge in [0.15, 0.2) is 0 Å². The Kier molecular flexibility index (Phi) is 10.9. The molecule has 4 N–H and O–H groups in total. The maximum atomic E-state index is 11.3. The summed E-state index contributed by atoms with van der Waals surface area (Å²) >= 11 is 0. The second-order valence-electron chi connectivity index (χ2n) is 3.83. The number of aliphatic hydroxyl groups is 2. The van der Waals surface area contributed by atoms with E-state index in [9.17, 15) is 9.46 Å². The van der Waals surface area contributed by atoms with E-state index < -0.39 is 13.9 Å². The molecule has 110 valence electrons. The highest BCUT2D eigenvalue weighted by atomic mass is 31.2. The molecule has 0 aromatic heterocycles. The Hall–Kier alpha value is -0.0100. The van der Waals surface area contributed by atoms with Crippen LogP contribution in [0.5, 0.6) is 0 Å². The first-order chi connectivity index (χ1) is 8.55. The van der Waals surface area contributed by atoms with Gasteiger partial charge < -0.3 is 19.8 Å². The van der Waals surface area contributed by atoms with E-state index in [1.165, 1.54) is 0 Å². The number of aliphatic hydroxyl groups excluding tert-OH is 2. The van der Waals surface area contributed by atoms with E-state index in [0.717, 1.165) is 19.3 Å². The van der Waals surface area contributed by atoms with E-state index >= 15 is 0 Å². The number of ether oxygens (including phenoxy) is 1. The van der Waals surface area contributed by atoms with Gasteiger partial charge in [-0.2, -0.15) is 0 Å². The van der Waals surface area contributed by atoms with Crippen molar-refractivity contribution in [2.45, 2.75) is 32.3 Å². The third-order valence-electron chi connectivity index (χ3n) is 2.16. The third-order valence-corrected chi connectivity index (χ3v) is 3.29. The molecule has 0 aliphatic rings. The fourth-order valence-electron chi connectivity index (χ4n) is 1.18. The average molecular weight is 285 g/mol. The van der Waals surface area contributed by atoms with Crippen molar-refractivity contribution in [2.24, 2.45) is 0 Å². The Balaban J connectivity index is 3.80. The summed E-state index contributed by atoms with van der Waals surface area (Å²) in [5, 5.41) is 19.7. The van der Waals surface area contributed by atoms with Crippen molar-refractivity contribution in [3.8, 4) is 0 Å². The number of unbranched alkanes of at least 4 members (excludes halogenated alkanes) is 2. The molecular weight excluding hydrogens is 261 g/mol. The van der Waals surface area contributed by atoms with E-state index in [0.29, 0.717) is 6.61 Å². The number of rotatable bonds is 12. The lowest BCUT2D eigenvalue weighted by Gasteiger charge is -2.18. The van der Waals surface area contributed by atoms with Gasteiger partial charge in [0.2, 0.25) is 0 Å². The number of hydrogen-bond acceptors (Lipinski definition) is 5. The number of nitrogens with one attached hydrogen (secondary N) is 1. The second-order valence-corrected chi connectivity index (χ2v) is 5.45. The molecule has 0 saturated heterocycles. The minimum atomic E-state index is -3.92. The zero-order valence-electron chi connectivity index (χ0n) is 10.7. The summed E-state index contributed by atoms with van der Waals surface area (Å²) in [4.78, 5) is 9.27. The van der Waals surface area contributed by atoms with Crippen molar-refractivity contribution >= 4 is 7.75 Å². The minimum Gasteiger partial charge on any atom is -0.395 e. The molecule has 0 heterocycles. The molecule has 0 radical (unpaired) electrons. The van der Waals surface area contributed by atoms with Gasteiger partial charge in [-0.05, 0) is 6.42 Å². The van der Waals surface area contributed by atoms with Crippen molar-refractivity contribution in [3.05, 3.63) is 0 Å². The van der Waals surface area contributed by atoms with E-state index in [1.807, 2.05) is 0 Å². The van der Waals surface area contributed by atoms with Crippen LogP contribution >= 0.6 is 7.75 Å². The van der Waals surface area contributed by atoms with Gasteiger partial charge in [0.25, 0.3) is 0 Å². The van der Waals surface area contributed by atoms with Gasteiger partial charge in [0.05, 0.1) is 19.8 Å². The van der Waals surface area contributed by atoms with Gasteiger partial charge in [-0.1, -0.05) is 19.8 Å². The van der Waals surface area contributed by atoms with Crippen LogP contribution < -0.4 is 5.09 Å². The summed E-state index contributed by atoms with van der Waals surface area (Å²) in [5.41, 5.74) is 0. The minimum absolute atomic E-state index is 0.0328. The topological polar surface area (TPSA) is 108 Å². The largest absolute Gasteiger partial charge is 0.403 e. The van der Waals surface area contributed by atoms with Crippen molar-refractivity contribution in [1.82, 2.24) is 5.09 Å². The maximum absolute atomic E-state index is 11.3. The quantitative estimate of drug-likeness (QED) is 0.301. The molecule has 18 heavy (non-hydrogen) atoms. The monoisotopic (exact) mass is 285 g/mol. The molecule has 1 unspecified atom stereocenters. The molecule has 7 nitrogen and oxygen atoms in total. The van der Waals surface area contributed by atoms with Gasteiger partial charge >= 0.3 is 7.75 Å². The number of hydrogen-bond donors (Lipinski definition) is 4. The van der Waals surface area contributed by atoms with Crippen molar-refractivity contribution in [2.75, 3.05) is 33.0 Å². The lowest BCUT2D eigenvalue weighted by atomic mass is 10.3.